The highest BCUT2D eigenvalue weighted by Gasteiger charge is 2.34. The minimum absolute atomic E-state index is 0.170. The van der Waals surface area contributed by atoms with Gasteiger partial charge in [-0.3, -0.25) is 14.4 Å². The molecule has 1 aromatic rings. The van der Waals surface area contributed by atoms with Crippen LogP contribution in [-0.4, -0.2) is 69.2 Å². The molecule has 1 aromatic heterocycles. The minimum Gasteiger partial charge on any atom is -0.336 e. The van der Waals surface area contributed by atoms with Gasteiger partial charge in [-0.1, -0.05) is 6.92 Å². The zero-order valence-corrected chi connectivity index (χ0v) is 17.8. The van der Waals surface area contributed by atoms with E-state index in [1.807, 2.05) is 16.7 Å². The van der Waals surface area contributed by atoms with Gasteiger partial charge in [0.1, 0.15) is 0 Å². The zero-order valence-electron chi connectivity index (χ0n) is 17.0. The van der Waals surface area contributed by atoms with E-state index in [-0.39, 0.29) is 5.91 Å². The molecule has 2 aliphatic carbocycles. The molecule has 0 aromatic carbocycles. The van der Waals surface area contributed by atoms with Crippen LogP contribution in [0.1, 0.15) is 61.3 Å². The van der Waals surface area contributed by atoms with Crippen molar-refractivity contribution < 1.29 is 4.79 Å². The van der Waals surface area contributed by atoms with Crippen molar-refractivity contribution >= 4 is 17.7 Å². The summed E-state index contributed by atoms with van der Waals surface area (Å²) >= 11 is 1.94. The Hall–Kier alpha value is -1.01. The Morgan fingerprint density at radius 2 is 2.00 bits per heavy atom. The number of carbonyl (C=O) groups is 1. The van der Waals surface area contributed by atoms with E-state index in [0.29, 0.717) is 6.04 Å². The third-order valence-electron chi connectivity index (χ3n) is 6.34. The Balaban J connectivity index is 1.56. The number of thioether (sulfide) groups is 1. The Kier molecular flexibility index (Phi) is 6.12. The Morgan fingerprint density at radius 1 is 1.22 bits per heavy atom. The van der Waals surface area contributed by atoms with E-state index in [1.165, 1.54) is 50.0 Å². The number of rotatable bonds is 7. The molecule has 0 N–H and O–H groups in total. The van der Waals surface area contributed by atoms with Crippen LogP contribution >= 0.6 is 11.8 Å². The summed E-state index contributed by atoms with van der Waals surface area (Å²) in [6.45, 7) is 9.45. The van der Waals surface area contributed by atoms with E-state index in [9.17, 15) is 4.79 Å². The van der Waals surface area contributed by atoms with Crippen molar-refractivity contribution in [3.05, 3.63) is 17.0 Å². The maximum absolute atomic E-state index is 13.2. The van der Waals surface area contributed by atoms with Crippen LogP contribution < -0.4 is 0 Å². The second-order valence-corrected chi connectivity index (χ2v) is 9.55. The van der Waals surface area contributed by atoms with E-state index in [1.54, 1.807) is 0 Å². The molecule has 6 heteroatoms. The first kappa shape index (κ1) is 19.3. The van der Waals surface area contributed by atoms with Crippen molar-refractivity contribution in [1.82, 2.24) is 19.6 Å². The quantitative estimate of drug-likeness (QED) is 0.717. The summed E-state index contributed by atoms with van der Waals surface area (Å²) in [5, 5.41) is 4.80. The van der Waals surface area contributed by atoms with Crippen LogP contribution in [0.15, 0.2) is 0 Å². The predicted octanol–water partition coefficient (Wildman–Crippen LogP) is 3.07. The first-order valence-corrected chi connectivity index (χ1v) is 12.1. The lowest BCUT2D eigenvalue weighted by Crippen LogP contribution is -2.42. The maximum atomic E-state index is 13.2. The second-order valence-electron chi connectivity index (χ2n) is 8.33. The van der Waals surface area contributed by atoms with Crippen LogP contribution in [0.2, 0.25) is 0 Å². The van der Waals surface area contributed by atoms with Crippen LogP contribution in [0.3, 0.4) is 0 Å². The molecule has 0 spiro atoms. The molecule has 150 valence electrons. The highest BCUT2D eigenvalue weighted by Crippen LogP contribution is 2.34. The van der Waals surface area contributed by atoms with Crippen molar-refractivity contribution in [2.45, 2.75) is 65.0 Å². The fraction of sp³-hybridized carbons (Fsp3) is 0.810. The van der Waals surface area contributed by atoms with Crippen molar-refractivity contribution in [2.24, 2.45) is 5.92 Å². The molecular formula is C21H34N4OS. The first-order chi connectivity index (χ1) is 13.2. The van der Waals surface area contributed by atoms with Crippen LogP contribution in [0.5, 0.6) is 0 Å². The molecule has 1 atom stereocenters. The Labute approximate surface area is 167 Å². The van der Waals surface area contributed by atoms with Crippen molar-refractivity contribution in [3.8, 4) is 0 Å². The number of carbonyl (C=O) groups excluding carboxylic acids is 1. The number of amides is 1. The van der Waals surface area contributed by atoms with Gasteiger partial charge >= 0.3 is 0 Å². The second kappa shape index (κ2) is 8.56. The fourth-order valence-electron chi connectivity index (χ4n) is 4.67. The molecule has 2 heterocycles. The number of hydrogen-bond donors (Lipinski definition) is 0. The summed E-state index contributed by atoms with van der Waals surface area (Å²) in [6, 6.07) is 0.580. The lowest BCUT2D eigenvalue weighted by atomic mass is 9.89. The van der Waals surface area contributed by atoms with Gasteiger partial charge in [-0.2, -0.15) is 16.9 Å². The molecule has 5 nitrogen and oxygen atoms in total. The molecule has 2 fully saturated rings. The van der Waals surface area contributed by atoms with E-state index < -0.39 is 0 Å². The van der Waals surface area contributed by atoms with E-state index in [2.05, 4.69) is 23.4 Å². The molecule has 1 aliphatic heterocycles. The summed E-state index contributed by atoms with van der Waals surface area (Å²) in [5.41, 5.74) is 3.34. The number of fused-ring (bicyclic) bond motifs is 1. The summed E-state index contributed by atoms with van der Waals surface area (Å²) in [6.07, 6.45) is 7.30. The van der Waals surface area contributed by atoms with Gasteiger partial charge in [-0.15, -0.1) is 0 Å². The van der Waals surface area contributed by atoms with Gasteiger partial charge < -0.3 is 4.90 Å². The summed E-state index contributed by atoms with van der Waals surface area (Å²) in [4.78, 5) is 18.0. The Bertz CT molecular complexity index is 663. The Morgan fingerprint density at radius 3 is 2.67 bits per heavy atom. The first-order valence-electron chi connectivity index (χ1n) is 10.9. The van der Waals surface area contributed by atoms with Gasteiger partial charge in [0.2, 0.25) is 0 Å². The lowest BCUT2D eigenvalue weighted by molar-refractivity contribution is 0.0763. The maximum Gasteiger partial charge on any atom is 0.274 e. The molecule has 1 saturated heterocycles. The third kappa shape index (κ3) is 4.21. The van der Waals surface area contributed by atoms with Crippen molar-refractivity contribution in [1.29, 1.82) is 0 Å². The molecule has 1 unspecified atom stereocenters. The largest absolute Gasteiger partial charge is 0.336 e. The van der Waals surface area contributed by atoms with E-state index >= 15 is 0 Å². The van der Waals surface area contributed by atoms with Gasteiger partial charge in [-0.05, 0) is 57.9 Å². The van der Waals surface area contributed by atoms with Crippen LogP contribution in [0.25, 0.3) is 0 Å². The predicted molar refractivity (Wildman–Crippen MR) is 112 cm³/mol. The van der Waals surface area contributed by atoms with E-state index in [0.717, 1.165) is 55.6 Å². The van der Waals surface area contributed by atoms with Crippen LogP contribution in [-0.2, 0) is 19.4 Å². The standard InChI is InChI=1S/C21H34N4OS/c1-3-9-24(15-16-5-6-16)17-7-8-19-18(14-17)20(22-25(19)4-2)21(26)23-10-12-27-13-11-23/h16-17H,3-15H2,1-2H3. The molecule has 27 heavy (non-hydrogen) atoms. The summed E-state index contributed by atoms with van der Waals surface area (Å²) < 4.78 is 2.10. The summed E-state index contributed by atoms with van der Waals surface area (Å²) in [5.74, 6) is 3.19. The molecule has 0 radical (unpaired) electrons. The minimum atomic E-state index is 0.170. The molecule has 1 amide bonds. The number of nitrogens with zero attached hydrogens (tertiary/aromatic N) is 4. The fourth-order valence-corrected chi connectivity index (χ4v) is 5.58. The van der Waals surface area contributed by atoms with Gasteiger partial charge in [0, 0.05) is 55.0 Å². The van der Waals surface area contributed by atoms with Gasteiger partial charge in [0.05, 0.1) is 0 Å². The van der Waals surface area contributed by atoms with Crippen molar-refractivity contribution in [2.75, 3.05) is 37.7 Å². The molecule has 1 saturated carbocycles. The smallest absolute Gasteiger partial charge is 0.274 e. The number of aryl methyl sites for hydroxylation is 1. The number of hydrogen-bond acceptors (Lipinski definition) is 4. The topological polar surface area (TPSA) is 41.4 Å². The normalized spacial score (nSPS) is 22.9. The molecular weight excluding hydrogens is 356 g/mol. The highest BCUT2D eigenvalue weighted by molar-refractivity contribution is 7.99. The molecule has 3 aliphatic rings. The van der Waals surface area contributed by atoms with Crippen molar-refractivity contribution in [3.63, 3.8) is 0 Å². The monoisotopic (exact) mass is 390 g/mol. The third-order valence-corrected chi connectivity index (χ3v) is 7.28. The number of aromatic nitrogens is 2. The summed E-state index contributed by atoms with van der Waals surface area (Å²) in [7, 11) is 0. The van der Waals surface area contributed by atoms with Crippen LogP contribution in [0, 0.1) is 5.92 Å². The lowest BCUT2D eigenvalue weighted by Gasteiger charge is -2.35. The van der Waals surface area contributed by atoms with Gasteiger partial charge in [-0.25, -0.2) is 0 Å². The average molecular weight is 391 g/mol. The van der Waals surface area contributed by atoms with Crippen LogP contribution in [0.4, 0.5) is 0 Å². The zero-order chi connectivity index (χ0) is 18.8. The molecule has 4 rings (SSSR count). The van der Waals surface area contributed by atoms with Gasteiger partial charge in [0.25, 0.3) is 5.91 Å². The van der Waals surface area contributed by atoms with E-state index in [4.69, 9.17) is 5.10 Å². The molecule has 0 bridgehead atoms. The average Bonchev–Trinajstić information content (AvgIpc) is 3.45. The SMILES string of the molecule is CCCN(CC1CC1)C1CCc2c(c(C(=O)N3CCSCC3)nn2CC)C1. The highest BCUT2D eigenvalue weighted by atomic mass is 32.2. The van der Waals surface area contributed by atoms with Gasteiger partial charge in [0.15, 0.2) is 5.69 Å².